The summed E-state index contributed by atoms with van der Waals surface area (Å²) in [6.45, 7) is 0. The molecule has 0 aliphatic rings. The first-order valence-electron chi connectivity index (χ1n) is 5.38. The lowest BCUT2D eigenvalue weighted by atomic mass is 10.1. The van der Waals surface area contributed by atoms with Crippen LogP contribution in [0.15, 0.2) is 59.4 Å². The van der Waals surface area contributed by atoms with Crippen LogP contribution in [0, 0.1) is 0 Å². The van der Waals surface area contributed by atoms with E-state index in [1.165, 1.54) is 0 Å². The van der Waals surface area contributed by atoms with E-state index in [4.69, 9.17) is 11.6 Å². The second kappa shape index (κ2) is 3.86. The average Bonchev–Trinajstić information content (AvgIpc) is 2.50. The highest BCUT2D eigenvalue weighted by Gasteiger charge is 2.03. The first-order valence-corrected chi connectivity index (χ1v) is 5.75. The van der Waals surface area contributed by atoms with E-state index in [-0.39, 0.29) is 5.43 Å². The fourth-order valence-corrected chi connectivity index (χ4v) is 2.31. The molecule has 3 aromatic rings. The lowest BCUT2D eigenvalue weighted by molar-refractivity contribution is 1.74. The normalized spacial score (nSPS) is 10.9. The summed E-state index contributed by atoms with van der Waals surface area (Å²) < 4.78 is 0. The van der Waals surface area contributed by atoms with Crippen LogP contribution in [0.5, 0.6) is 0 Å². The third kappa shape index (κ3) is 1.60. The van der Waals surface area contributed by atoms with Gasteiger partial charge in [-0.2, -0.15) is 0 Å². The van der Waals surface area contributed by atoms with Crippen molar-refractivity contribution in [3.8, 4) is 0 Å². The largest absolute Gasteiger partial charge is 0.289 e. The van der Waals surface area contributed by atoms with Crippen LogP contribution in [0.2, 0.25) is 5.02 Å². The summed E-state index contributed by atoms with van der Waals surface area (Å²) in [6.07, 6.45) is 0. The van der Waals surface area contributed by atoms with Gasteiger partial charge in [-0.25, -0.2) is 0 Å². The number of fused-ring (bicyclic) bond motifs is 2. The highest BCUT2D eigenvalue weighted by Crippen LogP contribution is 2.22. The predicted molar refractivity (Wildman–Crippen MR) is 72.7 cm³/mol. The minimum Gasteiger partial charge on any atom is -0.289 e. The third-order valence-electron chi connectivity index (χ3n) is 2.93. The molecule has 0 N–H and O–H groups in total. The topological polar surface area (TPSA) is 17.1 Å². The van der Waals surface area contributed by atoms with Gasteiger partial charge in [0.05, 0.1) is 0 Å². The van der Waals surface area contributed by atoms with E-state index >= 15 is 0 Å². The Morgan fingerprint density at radius 1 is 0.706 bits per heavy atom. The van der Waals surface area contributed by atoms with Crippen LogP contribution >= 0.6 is 11.6 Å². The van der Waals surface area contributed by atoms with E-state index in [1.54, 1.807) is 12.1 Å². The van der Waals surface area contributed by atoms with E-state index in [0.717, 1.165) is 16.2 Å². The van der Waals surface area contributed by atoms with Crippen LogP contribution in [-0.4, -0.2) is 0 Å². The molecule has 0 radical (unpaired) electrons. The molecule has 0 aliphatic heterocycles. The maximum atomic E-state index is 12.4. The minimum atomic E-state index is 0.0306. The number of hydrogen-bond acceptors (Lipinski definition) is 1. The van der Waals surface area contributed by atoms with Gasteiger partial charge in [-0.15, -0.1) is 0 Å². The molecule has 3 rings (SSSR count). The van der Waals surface area contributed by atoms with Crippen LogP contribution < -0.4 is 5.43 Å². The molecule has 0 heterocycles. The Morgan fingerprint density at radius 3 is 2.35 bits per heavy atom. The van der Waals surface area contributed by atoms with Gasteiger partial charge in [-0.1, -0.05) is 60.1 Å². The fourth-order valence-electron chi connectivity index (χ4n) is 2.07. The molecule has 17 heavy (non-hydrogen) atoms. The molecule has 0 aliphatic carbocycles. The van der Waals surface area contributed by atoms with Crippen LogP contribution in [0.25, 0.3) is 21.5 Å². The van der Waals surface area contributed by atoms with Crippen molar-refractivity contribution >= 4 is 33.1 Å². The van der Waals surface area contributed by atoms with E-state index in [2.05, 4.69) is 0 Å². The highest BCUT2D eigenvalue weighted by molar-refractivity contribution is 6.35. The summed E-state index contributed by atoms with van der Waals surface area (Å²) in [4.78, 5) is 12.4. The van der Waals surface area contributed by atoms with Gasteiger partial charge >= 0.3 is 0 Å². The van der Waals surface area contributed by atoms with E-state index in [0.29, 0.717) is 10.4 Å². The first-order chi connectivity index (χ1) is 8.27. The molecule has 2 heteroatoms. The molecule has 3 aromatic carbocycles. The molecule has 82 valence electrons. The molecule has 0 aromatic heterocycles. The smallest absolute Gasteiger partial charge is 0.194 e. The minimum absolute atomic E-state index is 0.0306. The molecule has 0 amide bonds. The van der Waals surface area contributed by atoms with Gasteiger partial charge in [0.25, 0.3) is 0 Å². The summed E-state index contributed by atoms with van der Waals surface area (Å²) >= 11 is 6.12. The molecular formula is C15H9ClO. The Bertz CT molecular complexity index is 778. The SMILES string of the molecule is O=c1c2ccccc2ccc2c(Cl)cccc12. The van der Waals surface area contributed by atoms with Gasteiger partial charge in [-0.05, 0) is 11.5 Å². The lowest BCUT2D eigenvalue weighted by Crippen LogP contribution is -1.97. The van der Waals surface area contributed by atoms with Gasteiger partial charge in [0.1, 0.15) is 0 Å². The number of benzene rings is 2. The zero-order chi connectivity index (χ0) is 11.8. The van der Waals surface area contributed by atoms with Crippen LogP contribution in [0.1, 0.15) is 0 Å². The second-order valence-corrected chi connectivity index (χ2v) is 4.36. The number of rotatable bonds is 0. The Balaban J connectivity index is 2.69. The zero-order valence-corrected chi connectivity index (χ0v) is 9.74. The maximum absolute atomic E-state index is 12.4. The van der Waals surface area contributed by atoms with Crippen molar-refractivity contribution in [1.82, 2.24) is 0 Å². The maximum Gasteiger partial charge on any atom is 0.194 e. The van der Waals surface area contributed by atoms with E-state index in [1.807, 2.05) is 42.5 Å². The quantitative estimate of drug-likeness (QED) is 0.580. The van der Waals surface area contributed by atoms with Crippen molar-refractivity contribution in [2.75, 3.05) is 0 Å². The summed E-state index contributed by atoms with van der Waals surface area (Å²) in [6, 6.07) is 16.8. The van der Waals surface area contributed by atoms with Crippen molar-refractivity contribution in [2.45, 2.75) is 0 Å². The van der Waals surface area contributed by atoms with Gasteiger partial charge in [0, 0.05) is 21.2 Å². The molecular weight excluding hydrogens is 232 g/mol. The monoisotopic (exact) mass is 240 g/mol. The third-order valence-corrected chi connectivity index (χ3v) is 3.26. The van der Waals surface area contributed by atoms with Crippen LogP contribution in [0.3, 0.4) is 0 Å². The van der Waals surface area contributed by atoms with Gasteiger partial charge in [0.2, 0.25) is 0 Å². The van der Waals surface area contributed by atoms with Gasteiger partial charge in [-0.3, -0.25) is 4.79 Å². The second-order valence-electron chi connectivity index (χ2n) is 3.95. The average molecular weight is 241 g/mol. The summed E-state index contributed by atoms with van der Waals surface area (Å²) in [7, 11) is 0. The predicted octanol–water partition coefficient (Wildman–Crippen LogP) is 4.01. The molecule has 0 saturated heterocycles. The van der Waals surface area contributed by atoms with Gasteiger partial charge < -0.3 is 0 Å². The molecule has 0 spiro atoms. The number of halogens is 1. The molecule has 1 nitrogen and oxygen atoms in total. The van der Waals surface area contributed by atoms with Crippen LogP contribution in [0.4, 0.5) is 0 Å². The fraction of sp³-hybridized carbons (Fsp3) is 0. The molecule has 0 unspecified atom stereocenters. The zero-order valence-electron chi connectivity index (χ0n) is 8.98. The Labute approximate surface area is 103 Å². The first kappa shape index (κ1) is 10.3. The van der Waals surface area contributed by atoms with Gasteiger partial charge in [0.15, 0.2) is 5.43 Å². The summed E-state index contributed by atoms with van der Waals surface area (Å²) in [5.41, 5.74) is 0.0306. The standard InChI is InChI=1S/C15H9ClO/c16-14-7-3-6-13-12(14)9-8-10-4-1-2-5-11(10)15(13)17/h1-9H. The van der Waals surface area contributed by atoms with E-state index < -0.39 is 0 Å². The Morgan fingerprint density at radius 2 is 1.47 bits per heavy atom. The lowest BCUT2D eigenvalue weighted by Gasteiger charge is -1.93. The van der Waals surface area contributed by atoms with Crippen molar-refractivity contribution in [3.05, 3.63) is 69.8 Å². The number of hydrogen-bond donors (Lipinski definition) is 0. The highest BCUT2D eigenvalue weighted by atomic mass is 35.5. The van der Waals surface area contributed by atoms with Crippen LogP contribution in [-0.2, 0) is 0 Å². The Hall–Kier alpha value is -1.86. The summed E-state index contributed by atoms with van der Waals surface area (Å²) in [5.74, 6) is 0. The van der Waals surface area contributed by atoms with Crippen molar-refractivity contribution < 1.29 is 0 Å². The molecule has 0 saturated carbocycles. The molecule has 0 bridgehead atoms. The van der Waals surface area contributed by atoms with Crippen molar-refractivity contribution in [1.29, 1.82) is 0 Å². The van der Waals surface area contributed by atoms with E-state index in [9.17, 15) is 4.79 Å². The Kier molecular flexibility index (Phi) is 2.34. The summed E-state index contributed by atoms with van der Waals surface area (Å²) in [5, 5.41) is 3.74. The van der Waals surface area contributed by atoms with Crippen molar-refractivity contribution in [2.24, 2.45) is 0 Å². The molecule has 0 fully saturated rings. The molecule has 0 atom stereocenters. The van der Waals surface area contributed by atoms with Crippen molar-refractivity contribution in [3.63, 3.8) is 0 Å².